The zero-order chi connectivity index (χ0) is 26.3. The smallest absolute Gasteiger partial charge is 0.306 e. The van der Waals surface area contributed by atoms with E-state index in [2.05, 4.69) is 15.1 Å². The van der Waals surface area contributed by atoms with Crippen molar-refractivity contribution in [3.63, 3.8) is 0 Å². The summed E-state index contributed by atoms with van der Waals surface area (Å²) in [5.74, 6) is 0.838. The minimum Gasteiger partial charge on any atom is -0.490 e. The predicted molar refractivity (Wildman–Crippen MR) is 138 cm³/mol. The molecule has 0 bridgehead atoms. The molecule has 0 fully saturated rings. The van der Waals surface area contributed by atoms with Crippen molar-refractivity contribution in [3.8, 4) is 28.6 Å². The fourth-order valence-electron chi connectivity index (χ4n) is 4.85. The summed E-state index contributed by atoms with van der Waals surface area (Å²) in [7, 11) is -3.54. The first-order chi connectivity index (χ1) is 17.6. The SMILES string of the molecule is CCOC(=O)CC1CCc2c1[nH]c1ccc(-c3noc(-c4ccc(OC(C)C)c(S(C)(=O)=O)c4)n3)cc21. The Morgan fingerprint density at radius 1 is 1.19 bits per heavy atom. The van der Waals surface area contributed by atoms with Gasteiger partial charge < -0.3 is 19.0 Å². The summed E-state index contributed by atoms with van der Waals surface area (Å²) in [5, 5.41) is 5.22. The highest BCUT2D eigenvalue weighted by Gasteiger charge is 2.29. The molecule has 0 saturated carbocycles. The lowest BCUT2D eigenvalue weighted by atomic mass is 10.0. The minimum absolute atomic E-state index is 0.0696. The third kappa shape index (κ3) is 4.98. The molecular weight excluding hydrogens is 494 g/mol. The fraction of sp³-hybridized carbons (Fsp3) is 0.370. The number of carbonyl (C=O) groups is 1. The lowest BCUT2D eigenvalue weighted by Crippen LogP contribution is -2.09. The molecule has 9 nitrogen and oxygen atoms in total. The molecule has 1 atom stereocenters. The van der Waals surface area contributed by atoms with Crippen LogP contribution in [0.1, 0.15) is 50.8 Å². The van der Waals surface area contributed by atoms with Gasteiger partial charge in [-0.25, -0.2) is 8.42 Å². The van der Waals surface area contributed by atoms with E-state index < -0.39 is 9.84 Å². The maximum Gasteiger partial charge on any atom is 0.306 e. The fourth-order valence-corrected chi connectivity index (χ4v) is 5.68. The molecule has 37 heavy (non-hydrogen) atoms. The van der Waals surface area contributed by atoms with Crippen LogP contribution in [-0.2, 0) is 25.8 Å². The van der Waals surface area contributed by atoms with Crippen LogP contribution in [0.5, 0.6) is 5.75 Å². The number of carbonyl (C=O) groups excluding carboxylic acids is 1. The monoisotopic (exact) mass is 523 g/mol. The summed E-state index contributed by atoms with van der Waals surface area (Å²) >= 11 is 0. The maximum absolute atomic E-state index is 12.4. The predicted octanol–water partition coefficient (Wildman–Crippen LogP) is 5.06. The number of H-pyrrole nitrogens is 1. The van der Waals surface area contributed by atoms with E-state index in [1.165, 1.54) is 11.6 Å². The average molecular weight is 524 g/mol. The summed E-state index contributed by atoms with van der Waals surface area (Å²) in [6.45, 7) is 5.86. The van der Waals surface area contributed by atoms with Gasteiger partial charge in [-0.2, -0.15) is 4.98 Å². The molecule has 0 spiro atoms. The van der Waals surface area contributed by atoms with E-state index in [0.29, 0.717) is 24.4 Å². The molecule has 0 radical (unpaired) electrons. The quantitative estimate of drug-likeness (QED) is 0.318. The Morgan fingerprint density at radius 3 is 2.70 bits per heavy atom. The highest BCUT2D eigenvalue weighted by atomic mass is 32.2. The Morgan fingerprint density at radius 2 is 1.97 bits per heavy atom. The first kappa shape index (κ1) is 25.0. The number of aryl methyl sites for hydroxylation is 1. The zero-order valence-electron chi connectivity index (χ0n) is 21.2. The van der Waals surface area contributed by atoms with Crippen molar-refractivity contribution in [3.05, 3.63) is 47.7 Å². The van der Waals surface area contributed by atoms with Crippen molar-refractivity contribution in [2.75, 3.05) is 12.9 Å². The third-order valence-electron chi connectivity index (χ3n) is 6.45. The second-order valence-corrected chi connectivity index (χ2v) is 11.5. The number of hydrogen-bond donors (Lipinski definition) is 1. The molecule has 2 aromatic carbocycles. The third-order valence-corrected chi connectivity index (χ3v) is 7.56. The molecule has 0 aliphatic heterocycles. The molecule has 194 valence electrons. The standard InChI is InChI=1S/C27H29N3O6S/c1-5-34-24(31)14-16-6-9-19-20-12-17(7-10-21(20)28-25(16)19)26-29-27(36-30-26)18-8-11-22(35-15(2)3)23(13-18)37(4,32)33/h7-8,10-13,15-16,28H,5-6,9,14H2,1-4H3. The zero-order valence-corrected chi connectivity index (χ0v) is 22.0. The van der Waals surface area contributed by atoms with Crippen LogP contribution in [0.25, 0.3) is 33.7 Å². The van der Waals surface area contributed by atoms with Crippen molar-refractivity contribution < 1.29 is 27.2 Å². The number of fused-ring (bicyclic) bond motifs is 3. The molecule has 1 unspecified atom stereocenters. The molecular formula is C27H29N3O6S. The van der Waals surface area contributed by atoms with Gasteiger partial charge in [0, 0.05) is 39.9 Å². The van der Waals surface area contributed by atoms with E-state index in [1.807, 2.05) is 39.0 Å². The number of nitrogens with one attached hydrogen (secondary N) is 1. The van der Waals surface area contributed by atoms with Gasteiger partial charge in [0.2, 0.25) is 5.82 Å². The molecule has 1 aliphatic rings. The normalized spacial score (nSPS) is 15.3. The number of rotatable bonds is 8. The Hall–Kier alpha value is -3.66. The van der Waals surface area contributed by atoms with Crippen LogP contribution in [0.3, 0.4) is 0 Å². The number of aromatic amines is 1. The lowest BCUT2D eigenvalue weighted by molar-refractivity contribution is -0.143. The molecule has 4 aromatic rings. The first-order valence-corrected chi connectivity index (χ1v) is 14.2. The van der Waals surface area contributed by atoms with E-state index in [-0.39, 0.29) is 34.5 Å². The van der Waals surface area contributed by atoms with Gasteiger partial charge in [0.15, 0.2) is 9.84 Å². The van der Waals surface area contributed by atoms with Gasteiger partial charge in [0.05, 0.1) is 19.1 Å². The van der Waals surface area contributed by atoms with Crippen LogP contribution in [0.2, 0.25) is 0 Å². The number of aromatic nitrogens is 3. The number of esters is 1. The lowest BCUT2D eigenvalue weighted by Gasteiger charge is -2.13. The molecule has 1 aliphatic carbocycles. The minimum atomic E-state index is -3.54. The van der Waals surface area contributed by atoms with Gasteiger partial charge in [-0.1, -0.05) is 5.16 Å². The molecule has 0 saturated heterocycles. The Kier molecular flexibility index (Phi) is 6.53. The van der Waals surface area contributed by atoms with Gasteiger partial charge in [-0.05, 0) is 75.6 Å². The van der Waals surface area contributed by atoms with Gasteiger partial charge in [0.1, 0.15) is 10.6 Å². The summed E-state index contributed by atoms with van der Waals surface area (Å²) in [4.78, 5) is 20.1. The Bertz CT molecular complexity index is 1580. The largest absolute Gasteiger partial charge is 0.490 e. The van der Waals surface area contributed by atoms with Gasteiger partial charge in [0.25, 0.3) is 5.89 Å². The second kappa shape index (κ2) is 9.66. The van der Waals surface area contributed by atoms with Crippen molar-refractivity contribution in [2.24, 2.45) is 0 Å². The number of sulfone groups is 1. The highest BCUT2D eigenvalue weighted by Crippen LogP contribution is 2.40. The van der Waals surface area contributed by atoms with Crippen LogP contribution < -0.4 is 4.74 Å². The van der Waals surface area contributed by atoms with E-state index in [0.717, 1.165) is 41.3 Å². The van der Waals surface area contributed by atoms with E-state index in [4.69, 9.17) is 14.0 Å². The summed E-state index contributed by atoms with van der Waals surface area (Å²) in [6.07, 6.45) is 3.10. The van der Waals surface area contributed by atoms with Crippen molar-refractivity contribution in [2.45, 2.75) is 57.0 Å². The molecule has 2 heterocycles. The van der Waals surface area contributed by atoms with Crippen LogP contribution in [0, 0.1) is 0 Å². The van der Waals surface area contributed by atoms with E-state index >= 15 is 0 Å². The molecule has 10 heteroatoms. The Labute approximate surface area is 215 Å². The topological polar surface area (TPSA) is 124 Å². The second-order valence-electron chi connectivity index (χ2n) is 9.55. The molecule has 5 rings (SSSR count). The van der Waals surface area contributed by atoms with Gasteiger partial charge >= 0.3 is 5.97 Å². The number of ether oxygens (including phenoxy) is 2. The van der Waals surface area contributed by atoms with Gasteiger partial charge in [-0.3, -0.25) is 4.79 Å². The van der Waals surface area contributed by atoms with Crippen LogP contribution in [-0.4, -0.2) is 48.5 Å². The summed E-state index contributed by atoms with van der Waals surface area (Å²) in [5.41, 5.74) is 4.55. The number of hydrogen-bond acceptors (Lipinski definition) is 8. The number of nitrogens with zero attached hydrogens (tertiary/aromatic N) is 2. The highest BCUT2D eigenvalue weighted by molar-refractivity contribution is 7.90. The van der Waals surface area contributed by atoms with Crippen LogP contribution in [0.15, 0.2) is 45.8 Å². The Balaban J connectivity index is 1.45. The summed E-state index contributed by atoms with van der Waals surface area (Å²) in [6, 6.07) is 10.7. The summed E-state index contributed by atoms with van der Waals surface area (Å²) < 4.78 is 41.1. The average Bonchev–Trinajstić information content (AvgIpc) is 3.55. The maximum atomic E-state index is 12.4. The van der Waals surface area contributed by atoms with Crippen LogP contribution >= 0.6 is 0 Å². The molecule has 1 N–H and O–H groups in total. The van der Waals surface area contributed by atoms with E-state index in [1.54, 1.807) is 12.1 Å². The number of benzene rings is 2. The van der Waals surface area contributed by atoms with Crippen molar-refractivity contribution in [1.29, 1.82) is 0 Å². The van der Waals surface area contributed by atoms with Crippen LogP contribution in [0.4, 0.5) is 0 Å². The first-order valence-electron chi connectivity index (χ1n) is 12.3. The molecule has 0 amide bonds. The van der Waals surface area contributed by atoms with Gasteiger partial charge in [-0.15, -0.1) is 0 Å². The molecule has 2 aromatic heterocycles. The van der Waals surface area contributed by atoms with Crippen molar-refractivity contribution in [1.82, 2.24) is 15.1 Å². The van der Waals surface area contributed by atoms with Crippen molar-refractivity contribution >= 4 is 26.7 Å². The van der Waals surface area contributed by atoms with E-state index in [9.17, 15) is 13.2 Å².